The minimum atomic E-state index is -2.88. The molecule has 2 rings (SSSR count). The first kappa shape index (κ1) is 12.6. The third-order valence-electron chi connectivity index (χ3n) is 2.93. The van der Waals surface area contributed by atoms with Gasteiger partial charge in [0.15, 0.2) is 0 Å². The average Bonchev–Trinajstić information content (AvgIpc) is 2.68. The quantitative estimate of drug-likeness (QED) is 0.879. The third-order valence-corrected chi connectivity index (χ3v) is 2.93. The molecule has 1 heterocycles. The normalized spacial score (nSPS) is 11.6. The summed E-state index contributed by atoms with van der Waals surface area (Å²) in [6.45, 7) is 3.33. The maximum Gasteiger partial charge on any atom is 0.291 e. The second-order valence-electron chi connectivity index (χ2n) is 4.36. The van der Waals surface area contributed by atoms with Crippen LogP contribution in [-0.4, -0.2) is 11.2 Å². The van der Waals surface area contributed by atoms with E-state index in [0.717, 1.165) is 11.4 Å². The van der Waals surface area contributed by atoms with E-state index >= 15 is 0 Å². The molecule has 1 N–H and O–H groups in total. The Balaban J connectivity index is 2.10. The van der Waals surface area contributed by atoms with Crippen molar-refractivity contribution in [2.45, 2.75) is 19.8 Å². The van der Waals surface area contributed by atoms with Gasteiger partial charge in [-0.15, -0.1) is 0 Å². The number of nitrogens with zero attached hydrogens (tertiary/aromatic N) is 1. The Hall–Kier alpha value is -1.84. The van der Waals surface area contributed by atoms with E-state index in [-0.39, 0.29) is 5.56 Å². The molecule has 0 saturated carbocycles. The van der Waals surface area contributed by atoms with Crippen molar-refractivity contribution < 1.29 is 8.78 Å². The number of aromatic nitrogens is 1. The van der Waals surface area contributed by atoms with Crippen molar-refractivity contribution in [1.82, 2.24) is 4.68 Å². The highest BCUT2D eigenvalue weighted by Gasteiger charge is 2.31. The Morgan fingerprint density at radius 3 is 2.11 bits per heavy atom. The van der Waals surface area contributed by atoms with Gasteiger partial charge in [-0.1, -0.05) is 30.3 Å². The van der Waals surface area contributed by atoms with Crippen molar-refractivity contribution in [1.29, 1.82) is 0 Å². The molecule has 1 aromatic carbocycles. The van der Waals surface area contributed by atoms with E-state index < -0.39 is 12.5 Å². The number of halogens is 2. The molecular weight excluding hydrogens is 234 g/mol. The lowest BCUT2D eigenvalue weighted by Gasteiger charge is -2.20. The van der Waals surface area contributed by atoms with Crippen LogP contribution in [0.5, 0.6) is 0 Å². The summed E-state index contributed by atoms with van der Waals surface area (Å²) >= 11 is 0. The minimum Gasteiger partial charge on any atom is -0.320 e. The number of alkyl halides is 2. The topological polar surface area (TPSA) is 17.0 Å². The van der Waals surface area contributed by atoms with Gasteiger partial charge in [0.1, 0.15) is 0 Å². The molecule has 0 saturated heterocycles. The number of nitrogens with one attached hydrogen (secondary N) is 1. The van der Waals surface area contributed by atoms with E-state index in [0.29, 0.717) is 0 Å². The molecule has 18 heavy (non-hydrogen) atoms. The van der Waals surface area contributed by atoms with Crippen LogP contribution in [0.1, 0.15) is 17.0 Å². The summed E-state index contributed by atoms with van der Waals surface area (Å²) < 4.78 is 29.5. The summed E-state index contributed by atoms with van der Waals surface area (Å²) in [5.41, 5.74) is 4.62. The Bertz CT molecular complexity index is 498. The molecule has 0 bridgehead atoms. The predicted molar refractivity (Wildman–Crippen MR) is 68.5 cm³/mol. The molecule has 0 amide bonds. The van der Waals surface area contributed by atoms with Crippen LogP contribution in [0.3, 0.4) is 0 Å². The summed E-state index contributed by atoms with van der Waals surface area (Å²) in [5, 5.41) is 0. The van der Waals surface area contributed by atoms with Gasteiger partial charge in [0, 0.05) is 17.0 Å². The van der Waals surface area contributed by atoms with Crippen molar-refractivity contribution in [2.75, 3.05) is 12.0 Å². The van der Waals surface area contributed by atoms with Gasteiger partial charge in [-0.3, -0.25) is 4.68 Å². The van der Waals surface area contributed by atoms with E-state index in [1.165, 1.54) is 12.1 Å². The van der Waals surface area contributed by atoms with Crippen molar-refractivity contribution in [2.24, 2.45) is 0 Å². The van der Waals surface area contributed by atoms with Gasteiger partial charge in [-0.2, -0.15) is 8.78 Å². The Labute approximate surface area is 105 Å². The highest BCUT2D eigenvalue weighted by Crippen LogP contribution is 2.27. The molecule has 4 heteroatoms. The Kier molecular flexibility index (Phi) is 3.36. The molecule has 0 aliphatic rings. The van der Waals surface area contributed by atoms with Gasteiger partial charge >= 0.3 is 0 Å². The standard InChI is InChI=1S/C14H16F2N2/c1-11-8-9-12(2)18(11)17-10-14(15,16)13-6-4-3-5-7-13/h3-9,17H,10H2,1-2H3. The number of rotatable bonds is 4. The molecule has 0 radical (unpaired) electrons. The summed E-state index contributed by atoms with van der Waals surface area (Å²) in [6.07, 6.45) is 0. The lowest BCUT2D eigenvalue weighted by atomic mass is 10.1. The van der Waals surface area contributed by atoms with Crippen molar-refractivity contribution in [3.8, 4) is 0 Å². The molecule has 2 nitrogen and oxygen atoms in total. The van der Waals surface area contributed by atoms with Crippen LogP contribution in [-0.2, 0) is 5.92 Å². The molecule has 96 valence electrons. The highest BCUT2D eigenvalue weighted by molar-refractivity contribution is 5.22. The fraction of sp³-hybridized carbons (Fsp3) is 0.286. The van der Waals surface area contributed by atoms with Crippen LogP contribution in [0.15, 0.2) is 42.5 Å². The number of hydrogen-bond donors (Lipinski definition) is 1. The lowest BCUT2D eigenvalue weighted by Crippen LogP contribution is -2.30. The SMILES string of the molecule is Cc1ccc(C)n1NCC(F)(F)c1ccccc1. The fourth-order valence-electron chi connectivity index (χ4n) is 1.88. The molecule has 0 fully saturated rings. The fourth-order valence-corrected chi connectivity index (χ4v) is 1.88. The molecule has 0 unspecified atom stereocenters. The Morgan fingerprint density at radius 1 is 1.00 bits per heavy atom. The zero-order valence-electron chi connectivity index (χ0n) is 10.5. The monoisotopic (exact) mass is 250 g/mol. The molecular formula is C14H16F2N2. The summed E-state index contributed by atoms with van der Waals surface area (Å²) in [6, 6.07) is 11.6. The summed E-state index contributed by atoms with van der Waals surface area (Å²) in [7, 11) is 0. The Morgan fingerprint density at radius 2 is 1.56 bits per heavy atom. The van der Waals surface area contributed by atoms with Crippen molar-refractivity contribution in [3.05, 3.63) is 59.4 Å². The maximum absolute atomic E-state index is 13.9. The lowest BCUT2D eigenvalue weighted by molar-refractivity contribution is 0.00790. The van der Waals surface area contributed by atoms with E-state index in [1.807, 2.05) is 26.0 Å². The molecule has 0 aliphatic heterocycles. The van der Waals surface area contributed by atoms with Crippen molar-refractivity contribution in [3.63, 3.8) is 0 Å². The van der Waals surface area contributed by atoms with E-state index in [1.54, 1.807) is 22.9 Å². The minimum absolute atomic E-state index is 0.0277. The molecule has 0 spiro atoms. The molecule has 2 aromatic rings. The number of hydrogen-bond acceptors (Lipinski definition) is 1. The van der Waals surface area contributed by atoms with Gasteiger partial charge in [0.2, 0.25) is 0 Å². The van der Waals surface area contributed by atoms with Crippen LogP contribution in [0.2, 0.25) is 0 Å². The van der Waals surface area contributed by atoms with Crippen LogP contribution < -0.4 is 5.43 Å². The van der Waals surface area contributed by atoms with Crippen LogP contribution in [0.4, 0.5) is 8.78 Å². The first-order chi connectivity index (χ1) is 8.50. The first-order valence-electron chi connectivity index (χ1n) is 5.83. The van der Waals surface area contributed by atoms with E-state index in [4.69, 9.17) is 0 Å². The van der Waals surface area contributed by atoms with Crippen LogP contribution in [0.25, 0.3) is 0 Å². The van der Waals surface area contributed by atoms with E-state index in [9.17, 15) is 8.78 Å². The largest absolute Gasteiger partial charge is 0.320 e. The van der Waals surface area contributed by atoms with Gasteiger partial charge in [-0.05, 0) is 26.0 Å². The van der Waals surface area contributed by atoms with Gasteiger partial charge in [0.25, 0.3) is 5.92 Å². The van der Waals surface area contributed by atoms with Gasteiger partial charge in [0.05, 0.1) is 6.54 Å². The second-order valence-corrected chi connectivity index (χ2v) is 4.36. The second kappa shape index (κ2) is 4.80. The summed E-state index contributed by atoms with van der Waals surface area (Å²) in [4.78, 5) is 0. The van der Waals surface area contributed by atoms with Gasteiger partial charge < -0.3 is 5.43 Å². The van der Waals surface area contributed by atoms with Crippen LogP contribution in [0, 0.1) is 13.8 Å². The number of benzene rings is 1. The predicted octanol–water partition coefficient (Wildman–Crippen LogP) is 3.44. The first-order valence-corrected chi connectivity index (χ1v) is 5.83. The third kappa shape index (κ3) is 2.53. The molecule has 0 atom stereocenters. The molecule has 1 aromatic heterocycles. The van der Waals surface area contributed by atoms with E-state index in [2.05, 4.69) is 5.43 Å². The molecule has 0 aliphatic carbocycles. The zero-order valence-corrected chi connectivity index (χ0v) is 10.5. The average molecular weight is 250 g/mol. The smallest absolute Gasteiger partial charge is 0.291 e. The van der Waals surface area contributed by atoms with Crippen LogP contribution >= 0.6 is 0 Å². The summed E-state index contributed by atoms with van der Waals surface area (Å²) in [5.74, 6) is -2.88. The van der Waals surface area contributed by atoms with Crippen molar-refractivity contribution >= 4 is 0 Å². The zero-order chi connectivity index (χ0) is 13.2. The van der Waals surface area contributed by atoms with Gasteiger partial charge in [-0.25, -0.2) is 0 Å². The highest BCUT2D eigenvalue weighted by atomic mass is 19.3. The number of aryl methyl sites for hydroxylation is 2. The maximum atomic E-state index is 13.9.